The number of hydrogen-bond donors (Lipinski definition) is 0. The second kappa shape index (κ2) is 6.13. The second-order valence-electron chi connectivity index (χ2n) is 3.07. The van der Waals surface area contributed by atoms with E-state index >= 15 is 0 Å². The number of rotatable bonds is 5. The Morgan fingerprint density at radius 3 is 2.31 bits per heavy atom. The zero-order valence-electron chi connectivity index (χ0n) is 8.17. The lowest BCUT2D eigenvalue weighted by atomic mass is 10.2. The van der Waals surface area contributed by atoms with E-state index < -0.39 is 16.6 Å². The summed E-state index contributed by atoms with van der Waals surface area (Å²) in [4.78, 5) is 21.9. The Labute approximate surface area is 87.0 Å². The number of esters is 1. The molecule has 0 bridgehead atoms. The van der Waals surface area contributed by atoms with Crippen LogP contribution >= 0.6 is 15.9 Å². The molecule has 0 heterocycles. The normalized spacial score (nSPS) is 12.7. The van der Waals surface area contributed by atoms with Gasteiger partial charge in [0, 0.05) is 0 Å². The lowest BCUT2D eigenvalue weighted by molar-refractivity contribution is -0.156. The van der Waals surface area contributed by atoms with Crippen molar-refractivity contribution in [2.45, 2.75) is 44.5 Å². The van der Waals surface area contributed by atoms with Crippen molar-refractivity contribution in [3.05, 3.63) is 0 Å². The van der Waals surface area contributed by atoms with Gasteiger partial charge in [0.05, 0.1) is 10.9 Å². The van der Waals surface area contributed by atoms with E-state index in [-0.39, 0.29) is 6.10 Å². The highest BCUT2D eigenvalue weighted by molar-refractivity contribution is 9.10. The second-order valence-corrected chi connectivity index (χ2v) is 4.18. The molecular weight excluding hydrogens is 236 g/mol. The Morgan fingerprint density at radius 1 is 1.38 bits per heavy atom. The fraction of sp³-hybridized carbons (Fsp3) is 0.778. The number of hydrogen-bond acceptors (Lipinski definition) is 3. The highest BCUT2D eigenvalue weighted by Gasteiger charge is 2.24. The Hall–Kier alpha value is -0.380. The maximum Gasteiger partial charge on any atom is 0.376 e. The summed E-state index contributed by atoms with van der Waals surface area (Å²) in [5, 5.41) is 0. The number of carbonyl (C=O) groups is 2. The van der Waals surface area contributed by atoms with Crippen molar-refractivity contribution in [1.82, 2.24) is 0 Å². The summed E-state index contributed by atoms with van der Waals surface area (Å²) >= 11 is 3.14. The first-order chi connectivity index (χ1) is 5.99. The molecule has 3 nitrogen and oxygen atoms in total. The van der Waals surface area contributed by atoms with Crippen molar-refractivity contribution >= 4 is 27.7 Å². The molecule has 0 saturated carbocycles. The van der Waals surface area contributed by atoms with Crippen molar-refractivity contribution in [3.63, 3.8) is 0 Å². The van der Waals surface area contributed by atoms with E-state index in [0.717, 1.165) is 6.42 Å². The van der Waals surface area contributed by atoms with Crippen LogP contribution < -0.4 is 0 Å². The van der Waals surface area contributed by atoms with Gasteiger partial charge in [0.15, 0.2) is 0 Å². The summed E-state index contributed by atoms with van der Waals surface area (Å²) in [7, 11) is 0. The van der Waals surface area contributed by atoms with E-state index in [2.05, 4.69) is 15.9 Å². The van der Waals surface area contributed by atoms with Gasteiger partial charge >= 0.3 is 5.97 Å². The molecule has 0 aromatic carbocycles. The van der Waals surface area contributed by atoms with Crippen LogP contribution in [0.3, 0.4) is 0 Å². The van der Waals surface area contributed by atoms with Crippen LogP contribution in [0.1, 0.15) is 33.6 Å². The van der Waals surface area contributed by atoms with Crippen molar-refractivity contribution < 1.29 is 14.3 Å². The van der Waals surface area contributed by atoms with E-state index in [0.29, 0.717) is 6.42 Å². The molecule has 0 fully saturated rings. The van der Waals surface area contributed by atoms with Gasteiger partial charge in [-0.1, -0.05) is 29.3 Å². The average molecular weight is 251 g/mol. The molecule has 0 aliphatic carbocycles. The average Bonchev–Trinajstić information content (AvgIpc) is 2.02. The minimum absolute atomic E-state index is 0.238. The van der Waals surface area contributed by atoms with Gasteiger partial charge in [-0.25, -0.2) is 4.79 Å². The summed E-state index contributed by atoms with van der Waals surface area (Å²) < 4.78 is 4.76. The predicted octanol–water partition coefficient (Wildman–Crippen LogP) is 2.07. The van der Waals surface area contributed by atoms with Gasteiger partial charge < -0.3 is 4.74 Å². The van der Waals surface area contributed by atoms with Crippen LogP contribution in [0.25, 0.3) is 0 Å². The van der Waals surface area contributed by atoms with Crippen molar-refractivity contribution in [1.29, 1.82) is 0 Å². The van der Waals surface area contributed by atoms with Crippen LogP contribution in [-0.2, 0) is 14.3 Å². The molecule has 0 aliphatic rings. The maximum atomic E-state index is 11.2. The van der Waals surface area contributed by atoms with Gasteiger partial charge in [-0.3, -0.25) is 4.79 Å². The molecule has 0 aliphatic heterocycles. The van der Waals surface area contributed by atoms with E-state index in [1.807, 2.05) is 6.92 Å². The van der Waals surface area contributed by atoms with Gasteiger partial charge in [-0.2, -0.15) is 0 Å². The van der Waals surface area contributed by atoms with Crippen molar-refractivity contribution in [3.8, 4) is 0 Å². The monoisotopic (exact) mass is 250 g/mol. The highest BCUT2D eigenvalue weighted by Crippen LogP contribution is 2.10. The third-order valence-electron chi connectivity index (χ3n) is 1.37. The number of ether oxygens (including phenoxy) is 1. The Kier molecular flexibility index (Phi) is 5.95. The lowest BCUT2D eigenvalue weighted by Gasteiger charge is -2.09. The third-order valence-corrected chi connectivity index (χ3v) is 2.24. The topological polar surface area (TPSA) is 43.4 Å². The molecule has 0 aromatic heterocycles. The largest absolute Gasteiger partial charge is 0.457 e. The van der Waals surface area contributed by atoms with E-state index in [1.165, 1.54) is 0 Å². The summed E-state index contributed by atoms with van der Waals surface area (Å²) in [6.07, 6.45) is 1.28. The van der Waals surface area contributed by atoms with Gasteiger partial charge in [0.2, 0.25) is 0 Å². The van der Waals surface area contributed by atoms with Gasteiger partial charge in [-0.05, 0) is 20.3 Å². The fourth-order valence-electron chi connectivity index (χ4n) is 0.785. The third kappa shape index (κ3) is 5.03. The Balaban J connectivity index is 4.02. The standard InChI is InChI=1S/C9H15BrO3/c1-4-5-7(10)8(11)9(12)13-6(2)3/h6-7H,4-5H2,1-3H3. The molecule has 0 saturated heterocycles. The van der Waals surface area contributed by atoms with Gasteiger partial charge in [0.25, 0.3) is 5.78 Å². The van der Waals surface area contributed by atoms with Crippen LogP contribution in [0.15, 0.2) is 0 Å². The summed E-state index contributed by atoms with van der Waals surface area (Å²) in [6, 6.07) is 0. The molecule has 1 unspecified atom stereocenters. The highest BCUT2D eigenvalue weighted by atomic mass is 79.9. The summed E-state index contributed by atoms with van der Waals surface area (Å²) in [5.74, 6) is -1.24. The van der Waals surface area contributed by atoms with Crippen molar-refractivity contribution in [2.24, 2.45) is 0 Å². The first kappa shape index (κ1) is 12.6. The predicted molar refractivity (Wildman–Crippen MR) is 53.9 cm³/mol. The molecule has 0 radical (unpaired) electrons. The lowest BCUT2D eigenvalue weighted by Crippen LogP contribution is -2.28. The molecule has 0 rings (SSSR count). The molecule has 4 heteroatoms. The number of Topliss-reactive ketones (excluding diaryl/α,β-unsaturated/α-hetero) is 1. The minimum Gasteiger partial charge on any atom is -0.457 e. The number of carbonyl (C=O) groups excluding carboxylic acids is 2. The van der Waals surface area contributed by atoms with Gasteiger partial charge in [0.1, 0.15) is 0 Å². The number of ketones is 1. The fourth-order valence-corrected chi connectivity index (χ4v) is 1.43. The smallest absolute Gasteiger partial charge is 0.376 e. The molecule has 0 spiro atoms. The molecule has 76 valence electrons. The number of alkyl halides is 1. The van der Waals surface area contributed by atoms with Crippen LogP contribution in [-0.4, -0.2) is 22.7 Å². The summed E-state index contributed by atoms with van der Waals surface area (Å²) in [5.41, 5.74) is 0. The van der Waals surface area contributed by atoms with Crippen LogP contribution in [0.5, 0.6) is 0 Å². The zero-order valence-corrected chi connectivity index (χ0v) is 9.76. The molecule has 1 atom stereocenters. The number of halogens is 1. The SMILES string of the molecule is CCCC(Br)C(=O)C(=O)OC(C)C. The first-order valence-electron chi connectivity index (χ1n) is 4.38. The Morgan fingerprint density at radius 2 is 1.92 bits per heavy atom. The molecule has 0 amide bonds. The summed E-state index contributed by atoms with van der Waals surface area (Å²) in [6.45, 7) is 5.39. The van der Waals surface area contributed by atoms with Crippen LogP contribution in [0.2, 0.25) is 0 Å². The molecule has 0 N–H and O–H groups in total. The Bertz CT molecular complexity index is 189. The van der Waals surface area contributed by atoms with Crippen LogP contribution in [0, 0.1) is 0 Å². The maximum absolute atomic E-state index is 11.2. The first-order valence-corrected chi connectivity index (χ1v) is 5.29. The quantitative estimate of drug-likeness (QED) is 0.427. The van der Waals surface area contributed by atoms with E-state index in [1.54, 1.807) is 13.8 Å². The zero-order chi connectivity index (χ0) is 10.4. The van der Waals surface area contributed by atoms with Crippen LogP contribution in [0.4, 0.5) is 0 Å². The minimum atomic E-state index is -0.745. The van der Waals surface area contributed by atoms with Gasteiger partial charge in [-0.15, -0.1) is 0 Å². The van der Waals surface area contributed by atoms with E-state index in [4.69, 9.17) is 4.74 Å². The molecular formula is C9H15BrO3. The molecule has 13 heavy (non-hydrogen) atoms. The van der Waals surface area contributed by atoms with E-state index in [9.17, 15) is 9.59 Å². The van der Waals surface area contributed by atoms with Crippen molar-refractivity contribution in [2.75, 3.05) is 0 Å². The molecule has 0 aromatic rings.